The topological polar surface area (TPSA) is 38.3 Å². The SMILES string of the molecule is COC(=O)c1ccc(C)c(NC2CC(C)C2)c1. The van der Waals surface area contributed by atoms with E-state index in [1.807, 2.05) is 19.1 Å². The average Bonchev–Trinajstić information content (AvgIpc) is 2.28. The van der Waals surface area contributed by atoms with Crippen molar-refractivity contribution in [2.24, 2.45) is 5.92 Å². The Morgan fingerprint density at radius 2 is 2.12 bits per heavy atom. The molecule has 17 heavy (non-hydrogen) atoms. The molecule has 0 amide bonds. The van der Waals surface area contributed by atoms with Crippen LogP contribution in [0.2, 0.25) is 0 Å². The van der Waals surface area contributed by atoms with Gasteiger partial charge in [-0.25, -0.2) is 4.79 Å². The summed E-state index contributed by atoms with van der Waals surface area (Å²) in [5.41, 5.74) is 2.81. The predicted molar refractivity (Wildman–Crippen MR) is 68.3 cm³/mol. The van der Waals surface area contributed by atoms with Gasteiger partial charge in [0.1, 0.15) is 0 Å². The molecule has 1 aromatic rings. The third-order valence-corrected chi connectivity index (χ3v) is 3.39. The second-order valence-electron chi connectivity index (χ2n) is 4.94. The highest BCUT2D eigenvalue weighted by Crippen LogP contribution is 2.30. The summed E-state index contributed by atoms with van der Waals surface area (Å²) in [6.45, 7) is 4.31. The molecular formula is C14H19NO2. The van der Waals surface area contributed by atoms with Crippen molar-refractivity contribution in [2.45, 2.75) is 32.7 Å². The van der Waals surface area contributed by atoms with Crippen molar-refractivity contribution in [3.05, 3.63) is 29.3 Å². The Bertz CT molecular complexity index is 422. The lowest BCUT2D eigenvalue weighted by Crippen LogP contribution is -2.34. The maximum Gasteiger partial charge on any atom is 0.337 e. The van der Waals surface area contributed by atoms with Crippen LogP contribution in [0.4, 0.5) is 5.69 Å². The molecule has 3 nitrogen and oxygen atoms in total. The molecule has 0 aliphatic heterocycles. The van der Waals surface area contributed by atoms with Crippen molar-refractivity contribution in [3.8, 4) is 0 Å². The molecule has 1 aromatic carbocycles. The zero-order valence-corrected chi connectivity index (χ0v) is 10.6. The second-order valence-corrected chi connectivity index (χ2v) is 4.94. The van der Waals surface area contributed by atoms with Crippen molar-refractivity contribution in [3.63, 3.8) is 0 Å². The van der Waals surface area contributed by atoms with Gasteiger partial charge >= 0.3 is 5.97 Å². The monoisotopic (exact) mass is 233 g/mol. The van der Waals surface area contributed by atoms with Crippen LogP contribution in [0.3, 0.4) is 0 Å². The highest BCUT2D eigenvalue weighted by atomic mass is 16.5. The fraction of sp³-hybridized carbons (Fsp3) is 0.500. The highest BCUT2D eigenvalue weighted by molar-refractivity contribution is 5.90. The number of hydrogen-bond donors (Lipinski definition) is 1. The lowest BCUT2D eigenvalue weighted by Gasteiger charge is -2.34. The van der Waals surface area contributed by atoms with Crippen molar-refractivity contribution in [1.29, 1.82) is 0 Å². The molecule has 0 heterocycles. The zero-order chi connectivity index (χ0) is 12.4. The third-order valence-electron chi connectivity index (χ3n) is 3.39. The summed E-state index contributed by atoms with van der Waals surface area (Å²) < 4.78 is 4.73. The van der Waals surface area contributed by atoms with Gasteiger partial charge in [-0.05, 0) is 43.4 Å². The van der Waals surface area contributed by atoms with Gasteiger partial charge in [-0.15, -0.1) is 0 Å². The summed E-state index contributed by atoms with van der Waals surface area (Å²) in [6.07, 6.45) is 2.42. The van der Waals surface area contributed by atoms with Gasteiger partial charge in [0.25, 0.3) is 0 Å². The Morgan fingerprint density at radius 3 is 2.71 bits per heavy atom. The minimum atomic E-state index is -0.282. The van der Waals surface area contributed by atoms with Crippen LogP contribution < -0.4 is 5.32 Å². The normalized spacial score (nSPS) is 22.8. The standard InChI is InChI=1S/C14H19NO2/c1-9-6-12(7-9)15-13-8-11(14(16)17-3)5-4-10(13)2/h4-5,8-9,12,15H,6-7H2,1-3H3. The molecular weight excluding hydrogens is 214 g/mol. The number of benzene rings is 1. The summed E-state index contributed by atoms with van der Waals surface area (Å²) in [6, 6.07) is 6.19. The summed E-state index contributed by atoms with van der Waals surface area (Å²) in [7, 11) is 1.41. The van der Waals surface area contributed by atoms with E-state index in [9.17, 15) is 4.79 Å². The number of carbonyl (C=O) groups excluding carboxylic acids is 1. The first-order valence-electron chi connectivity index (χ1n) is 6.05. The smallest absolute Gasteiger partial charge is 0.337 e. The molecule has 0 unspecified atom stereocenters. The Morgan fingerprint density at radius 1 is 1.41 bits per heavy atom. The molecule has 1 fully saturated rings. The molecule has 0 spiro atoms. The van der Waals surface area contributed by atoms with Gasteiger partial charge in [-0.3, -0.25) is 0 Å². The van der Waals surface area contributed by atoms with E-state index in [-0.39, 0.29) is 5.97 Å². The van der Waals surface area contributed by atoms with Crippen LogP contribution >= 0.6 is 0 Å². The van der Waals surface area contributed by atoms with Crippen LogP contribution in [0.15, 0.2) is 18.2 Å². The van der Waals surface area contributed by atoms with Crippen molar-refractivity contribution >= 4 is 11.7 Å². The van der Waals surface area contributed by atoms with Gasteiger partial charge in [-0.2, -0.15) is 0 Å². The van der Waals surface area contributed by atoms with E-state index < -0.39 is 0 Å². The number of anilines is 1. The van der Waals surface area contributed by atoms with Crippen LogP contribution in [-0.2, 0) is 4.74 Å². The molecule has 92 valence electrons. The van der Waals surface area contributed by atoms with E-state index in [0.717, 1.165) is 17.2 Å². The largest absolute Gasteiger partial charge is 0.465 e. The number of ether oxygens (including phenoxy) is 1. The molecule has 1 aliphatic carbocycles. The van der Waals surface area contributed by atoms with Gasteiger partial charge in [-0.1, -0.05) is 13.0 Å². The molecule has 0 radical (unpaired) electrons. The second kappa shape index (κ2) is 4.78. The molecule has 3 heteroatoms. The van der Waals surface area contributed by atoms with E-state index in [4.69, 9.17) is 4.74 Å². The van der Waals surface area contributed by atoms with Crippen LogP contribution in [-0.4, -0.2) is 19.1 Å². The van der Waals surface area contributed by atoms with Crippen LogP contribution in [0.1, 0.15) is 35.7 Å². The molecule has 0 bridgehead atoms. The van der Waals surface area contributed by atoms with Gasteiger partial charge < -0.3 is 10.1 Å². The maximum atomic E-state index is 11.4. The minimum Gasteiger partial charge on any atom is -0.465 e. The molecule has 1 saturated carbocycles. The van der Waals surface area contributed by atoms with Crippen molar-refractivity contribution in [1.82, 2.24) is 0 Å². The van der Waals surface area contributed by atoms with Gasteiger partial charge in [0.15, 0.2) is 0 Å². The van der Waals surface area contributed by atoms with E-state index >= 15 is 0 Å². The Kier molecular flexibility index (Phi) is 3.36. The van der Waals surface area contributed by atoms with E-state index in [0.29, 0.717) is 11.6 Å². The quantitative estimate of drug-likeness (QED) is 0.816. The maximum absolute atomic E-state index is 11.4. The van der Waals surface area contributed by atoms with E-state index in [2.05, 4.69) is 12.2 Å². The summed E-state index contributed by atoms with van der Waals surface area (Å²) in [5.74, 6) is 0.534. The average molecular weight is 233 g/mol. The summed E-state index contributed by atoms with van der Waals surface area (Å²) >= 11 is 0. The molecule has 1 aliphatic rings. The summed E-state index contributed by atoms with van der Waals surface area (Å²) in [4.78, 5) is 11.4. The van der Waals surface area contributed by atoms with E-state index in [1.54, 1.807) is 6.07 Å². The number of rotatable bonds is 3. The number of hydrogen-bond acceptors (Lipinski definition) is 3. The first-order valence-corrected chi connectivity index (χ1v) is 6.05. The lowest BCUT2D eigenvalue weighted by molar-refractivity contribution is 0.0601. The fourth-order valence-electron chi connectivity index (χ4n) is 2.26. The van der Waals surface area contributed by atoms with Crippen LogP contribution in [0, 0.1) is 12.8 Å². The predicted octanol–water partition coefficient (Wildman–Crippen LogP) is 2.99. The van der Waals surface area contributed by atoms with Crippen molar-refractivity contribution < 1.29 is 9.53 Å². The third kappa shape index (κ3) is 2.60. The Balaban J connectivity index is 2.12. The van der Waals surface area contributed by atoms with Gasteiger partial charge in [0.05, 0.1) is 12.7 Å². The zero-order valence-electron chi connectivity index (χ0n) is 10.6. The lowest BCUT2D eigenvalue weighted by atomic mass is 9.81. The van der Waals surface area contributed by atoms with Gasteiger partial charge in [0, 0.05) is 11.7 Å². The number of esters is 1. The Labute approximate surface area is 102 Å². The first kappa shape index (κ1) is 12.0. The fourth-order valence-corrected chi connectivity index (χ4v) is 2.26. The first-order chi connectivity index (χ1) is 8.10. The molecule has 0 saturated heterocycles. The summed E-state index contributed by atoms with van der Waals surface area (Å²) in [5, 5.41) is 3.49. The van der Waals surface area contributed by atoms with Crippen LogP contribution in [0.5, 0.6) is 0 Å². The molecule has 2 rings (SSSR count). The number of aryl methyl sites for hydroxylation is 1. The highest BCUT2D eigenvalue weighted by Gasteiger charge is 2.25. The Hall–Kier alpha value is -1.51. The number of methoxy groups -OCH3 is 1. The van der Waals surface area contributed by atoms with Crippen LogP contribution in [0.25, 0.3) is 0 Å². The molecule has 0 atom stereocenters. The van der Waals surface area contributed by atoms with Crippen molar-refractivity contribution in [2.75, 3.05) is 12.4 Å². The number of nitrogens with one attached hydrogen (secondary N) is 1. The number of carbonyl (C=O) groups is 1. The molecule has 0 aromatic heterocycles. The van der Waals surface area contributed by atoms with Gasteiger partial charge in [0.2, 0.25) is 0 Å². The van der Waals surface area contributed by atoms with E-state index in [1.165, 1.54) is 20.0 Å². The molecule has 1 N–H and O–H groups in total. The minimum absolute atomic E-state index is 0.282.